The molecule has 3 aromatic carbocycles. The Morgan fingerprint density at radius 3 is 2.12 bits per heavy atom. The quantitative estimate of drug-likeness (QED) is 0.324. The second-order valence-corrected chi connectivity index (χ2v) is 9.45. The number of benzene rings is 3. The van der Waals surface area contributed by atoms with Gasteiger partial charge in [-0.05, 0) is 45.4 Å². The lowest BCUT2D eigenvalue weighted by Gasteiger charge is -2.11. The third-order valence-corrected chi connectivity index (χ3v) is 6.27. The number of thioether (sulfide) groups is 1. The molecule has 0 saturated carbocycles. The first-order chi connectivity index (χ1) is 15.4. The SMILES string of the molecule is Cc1ccc(-c2nc(SC(C)C(=O)Nc3cccc(C)c3)[nH]c2-c2ccc(C)cc2)cc1. The van der Waals surface area contributed by atoms with E-state index in [0.717, 1.165) is 38.9 Å². The second-order valence-electron chi connectivity index (χ2n) is 8.12. The number of nitrogens with zero attached hydrogens (tertiary/aromatic N) is 1. The molecule has 0 saturated heterocycles. The number of anilines is 1. The third kappa shape index (κ3) is 5.11. The van der Waals surface area contributed by atoms with Gasteiger partial charge >= 0.3 is 0 Å². The van der Waals surface area contributed by atoms with Gasteiger partial charge in [0.25, 0.3) is 0 Å². The lowest BCUT2D eigenvalue weighted by molar-refractivity contribution is -0.115. The molecule has 1 aromatic heterocycles. The van der Waals surface area contributed by atoms with Crippen LogP contribution in [0.4, 0.5) is 5.69 Å². The van der Waals surface area contributed by atoms with Crippen molar-refractivity contribution in [2.24, 2.45) is 0 Å². The molecule has 0 bridgehead atoms. The van der Waals surface area contributed by atoms with E-state index in [1.54, 1.807) is 0 Å². The molecule has 0 aliphatic rings. The Kier molecular flexibility index (Phi) is 6.47. The van der Waals surface area contributed by atoms with Crippen molar-refractivity contribution in [3.63, 3.8) is 0 Å². The number of nitrogens with one attached hydrogen (secondary N) is 2. The molecule has 0 radical (unpaired) electrons. The molecule has 0 spiro atoms. The lowest BCUT2D eigenvalue weighted by atomic mass is 10.0. The van der Waals surface area contributed by atoms with Crippen molar-refractivity contribution in [1.82, 2.24) is 9.97 Å². The highest BCUT2D eigenvalue weighted by molar-refractivity contribution is 8.00. The number of aryl methyl sites for hydroxylation is 3. The van der Waals surface area contributed by atoms with Crippen LogP contribution in [0.1, 0.15) is 23.6 Å². The summed E-state index contributed by atoms with van der Waals surface area (Å²) in [4.78, 5) is 21.1. The Balaban J connectivity index is 1.61. The first-order valence-electron chi connectivity index (χ1n) is 10.7. The Bertz CT molecular complexity index is 1160. The summed E-state index contributed by atoms with van der Waals surface area (Å²) in [6, 6.07) is 24.6. The molecule has 4 aromatic rings. The summed E-state index contributed by atoms with van der Waals surface area (Å²) < 4.78 is 0. The van der Waals surface area contributed by atoms with Gasteiger partial charge in [-0.15, -0.1) is 0 Å². The molecule has 32 heavy (non-hydrogen) atoms. The molecule has 0 aliphatic carbocycles. The van der Waals surface area contributed by atoms with E-state index in [2.05, 4.69) is 72.7 Å². The zero-order valence-electron chi connectivity index (χ0n) is 18.8. The summed E-state index contributed by atoms with van der Waals surface area (Å²) in [6.45, 7) is 8.06. The van der Waals surface area contributed by atoms with Crippen LogP contribution >= 0.6 is 11.8 Å². The molecular formula is C27H27N3OS. The normalized spacial score (nSPS) is 11.9. The van der Waals surface area contributed by atoms with Crippen molar-refractivity contribution < 1.29 is 4.79 Å². The van der Waals surface area contributed by atoms with E-state index >= 15 is 0 Å². The predicted octanol–water partition coefficient (Wildman–Crippen LogP) is 6.79. The first-order valence-corrected chi connectivity index (χ1v) is 11.6. The zero-order valence-corrected chi connectivity index (χ0v) is 19.6. The van der Waals surface area contributed by atoms with Crippen molar-refractivity contribution >= 4 is 23.4 Å². The van der Waals surface area contributed by atoms with Crippen LogP contribution in [0, 0.1) is 20.8 Å². The Labute approximate surface area is 193 Å². The average Bonchev–Trinajstić information content (AvgIpc) is 3.18. The zero-order chi connectivity index (χ0) is 22.7. The molecule has 0 aliphatic heterocycles. The van der Waals surface area contributed by atoms with E-state index < -0.39 is 0 Å². The number of hydrogen-bond donors (Lipinski definition) is 2. The summed E-state index contributed by atoms with van der Waals surface area (Å²) in [5.74, 6) is -0.0502. The molecule has 1 unspecified atom stereocenters. The van der Waals surface area contributed by atoms with Gasteiger partial charge in [0.2, 0.25) is 5.91 Å². The van der Waals surface area contributed by atoms with Crippen LogP contribution in [0.5, 0.6) is 0 Å². The van der Waals surface area contributed by atoms with Crippen molar-refractivity contribution in [2.45, 2.75) is 38.1 Å². The van der Waals surface area contributed by atoms with Gasteiger partial charge in [0.1, 0.15) is 0 Å². The van der Waals surface area contributed by atoms with Gasteiger partial charge in [0, 0.05) is 16.8 Å². The minimum atomic E-state index is -0.307. The summed E-state index contributed by atoms with van der Waals surface area (Å²) in [6.07, 6.45) is 0. The minimum Gasteiger partial charge on any atom is -0.332 e. The van der Waals surface area contributed by atoms with E-state index in [1.807, 2.05) is 38.1 Å². The Hall–Kier alpha value is -3.31. The molecule has 1 heterocycles. The van der Waals surface area contributed by atoms with Crippen molar-refractivity contribution in [3.05, 3.63) is 89.5 Å². The maximum absolute atomic E-state index is 12.8. The highest BCUT2D eigenvalue weighted by Crippen LogP contribution is 2.34. The van der Waals surface area contributed by atoms with Gasteiger partial charge in [-0.3, -0.25) is 4.79 Å². The van der Waals surface area contributed by atoms with Crippen LogP contribution in [0.3, 0.4) is 0 Å². The second kappa shape index (κ2) is 9.45. The van der Waals surface area contributed by atoms with Gasteiger partial charge < -0.3 is 10.3 Å². The first kappa shape index (κ1) is 21.9. The molecule has 4 rings (SSSR count). The van der Waals surface area contributed by atoms with Crippen LogP contribution < -0.4 is 5.32 Å². The summed E-state index contributed by atoms with van der Waals surface area (Å²) in [7, 11) is 0. The summed E-state index contributed by atoms with van der Waals surface area (Å²) in [5.41, 5.74) is 8.31. The van der Waals surface area contributed by atoms with Crippen LogP contribution in [0.15, 0.2) is 78.0 Å². The number of aromatic amines is 1. The van der Waals surface area contributed by atoms with Gasteiger partial charge in [-0.2, -0.15) is 0 Å². The number of carbonyl (C=O) groups excluding carboxylic acids is 1. The topological polar surface area (TPSA) is 57.8 Å². The molecule has 162 valence electrons. The fourth-order valence-electron chi connectivity index (χ4n) is 3.44. The number of H-pyrrole nitrogens is 1. The molecule has 1 atom stereocenters. The predicted molar refractivity (Wildman–Crippen MR) is 134 cm³/mol. The Morgan fingerprint density at radius 1 is 0.875 bits per heavy atom. The molecule has 1 amide bonds. The number of carbonyl (C=O) groups is 1. The highest BCUT2D eigenvalue weighted by Gasteiger charge is 2.20. The summed E-state index contributed by atoms with van der Waals surface area (Å²) in [5, 5.41) is 3.42. The van der Waals surface area contributed by atoms with Crippen molar-refractivity contribution in [3.8, 4) is 22.5 Å². The maximum Gasteiger partial charge on any atom is 0.237 e. The number of imidazole rings is 1. The van der Waals surface area contributed by atoms with Crippen LogP contribution in [-0.2, 0) is 4.79 Å². The molecule has 4 nitrogen and oxygen atoms in total. The largest absolute Gasteiger partial charge is 0.332 e. The van der Waals surface area contributed by atoms with Gasteiger partial charge in [0.05, 0.1) is 16.6 Å². The molecule has 0 fully saturated rings. The van der Waals surface area contributed by atoms with E-state index in [0.29, 0.717) is 0 Å². The molecular weight excluding hydrogens is 414 g/mol. The van der Waals surface area contributed by atoms with Crippen molar-refractivity contribution in [2.75, 3.05) is 5.32 Å². The van der Waals surface area contributed by atoms with E-state index in [1.165, 1.54) is 22.9 Å². The summed E-state index contributed by atoms with van der Waals surface area (Å²) >= 11 is 1.43. The number of rotatable bonds is 6. The minimum absolute atomic E-state index is 0.0502. The fraction of sp³-hybridized carbons (Fsp3) is 0.185. The van der Waals surface area contributed by atoms with E-state index in [-0.39, 0.29) is 11.2 Å². The maximum atomic E-state index is 12.8. The van der Waals surface area contributed by atoms with Crippen LogP contribution in [0.2, 0.25) is 0 Å². The molecule has 5 heteroatoms. The Morgan fingerprint density at radius 2 is 1.50 bits per heavy atom. The highest BCUT2D eigenvalue weighted by atomic mass is 32.2. The number of amides is 1. The van der Waals surface area contributed by atoms with Gasteiger partial charge in [-0.1, -0.05) is 83.6 Å². The van der Waals surface area contributed by atoms with Gasteiger partial charge in [0.15, 0.2) is 5.16 Å². The number of hydrogen-bond acceptors (Lipinski definition) is 3. The van der Waals surface area contributed by atoms with E-state index in [4.69, 9.17) is 4.98 Å². The molecule has 2 N–H and O–H groups in total. The van der Waals surface area contributed by atoms with Gasteiger partial charge in [-0.25, -0.2) is 4.98 Å². The fourth-order valence-corrected chi connectivity index (χ4v) is 4.25. The van der Waals surface area contributed by atoms with Crippen molar-refractivity contribution in [1.29, 1.82) is 0 Å². The number of aromatic nitrogens is 2. The monoisotopic (exact) mass is 441 g/mol. The van der Waals surface area contributed by atoms with Crippen LogP contribution in [0.25, 0.3) is 22.5 Å². The average molecular weight is 442 g/mol. The smallest absolute Gasteiger partial charge is 0.237 e. The lowest BCUT2D eigenvalue weighted by Crippen LogP contribution is -2.22. The standard InChI is InChI=1S/C27H27N3OS/c1-17-8-12-21(13-9-17)24-25(22-14-10-18(2)11-15-22)30-27(29-24)32-20(4)26(31)28-23-7-5-6-19(3)16-23/h5-16,20H,1-4H3,(H,28,31)(H,29,30). The van der Waals surface area contributed by atoms with E-state index in [9.17, 15) is 4.79 Å². The third-order valence-electron chi connectivity index (χ3n) is 5.29. The van der Waals surface area contributed by atoms with Crippen LogP contribution in [-0.4, -0.2) is 21.1 Å².